The quantitative estimate of drug-likeness (QED) is 0.323. The molecule has 0 N–H and O–H groups in total. The summed E-state index contributed by atoms with van der Waals surface area (Å²) in [6.07, 6.45) is 9.20. The standard InChI is InChI=1S/C6H9O2.3C4H9.Sn/c1-6(3-4-6)5(7)8-2;3*1-3-4-2;/h3H,4H2,1-2H3;3*1,3-4H2,2H3;/t6-;;;;/m0..../s1. The van der Waals surface area contributed by atoms with Gasteiger partial charge in [-0.1, -0.05) is 0 Å². The van der Waals surface area contributed by atoms with Gasteiger partial charge in [-0.2, -0.15) is 0 Å². The molecule has 0 heterocycles. The molecule has 124 valence electrons. The zero-order chi connectivity index (χ0) is 15.9. The summed E-state index contributed by atoms with van der Waals surface area (Å²) in [7, 11) is 1.56. The van der Waals surface area contributed by atoms with Crippen LogP contribution in [-0.2, 0) is 9.53 Å². The first-order chi connectivity index (χ1) is 10.0. The third-order valence-electron chi connectivity index (χ3n) is 5.71. The third-order valence-corrected chi connectivity index (χ3v) is 23.9. The van der Waals surface area contributed by atoms with Crippen LogP contribution in [0.4, 0.5) is 0 Å². The van der Waals surface area contributed by atoms with Gasteiger partial charge in [0.25, 0.3) is 0 Å². The van der Waals surface area contributed by atoms with Crippen molar-refractivity contribution in [1.29, 1.82) is 0 Å². The van der Waals surface area contributed by atoms with Gasteiger partial charge in [0.05, 0.1) is 0 Å². The van der Waals surface area contributed by atoms with Gasteiger partial charge < -0.3 is 0 Å². The average molecular weight is 403 g/mol. The van der Waals surface area contributed by atoms with Gasteiger partial charge in [-0.05, 0) is 0 Å². The summed E-state index contributed by atoms with van der Waals surface area (Å²) in [6.45, 7) is 9.10. The Kier molecular flexibility index (Phi) is 8.08. The second-order valence-electron chi connectivity index (χ2n) is 7.34. The zero-order valence-corrected chi connectivity index (χ0v) is 17.8. The van der Waals surface area contributed by atoms with Gasteiger partial charge in [-0.3, -0.25) is 0 Å². The van der Waals surface area contributed by atoms with Crippen molar-refractivity contribution < 1.29 is 9.53 Å². The molecule has 1 aliphatic carbocycles. The molecule has 0 spiro atoms. The van der Waals surface area contributed by atoms with E-state index in [2.05, 4.69) is 27.7 Å². The fourth-order valence-corrected chi connectivity index (χ4v) is 25.0. The fraction of sp³-hybridized carbons (Fsp3) is 0.944. The number of rotatable bonds is 11. The Morgan fingerprint density at radius 2 is 1.48 bits per heavy atom. The predicted octanol–water partition coefficient (Wildman–Crippen LogP) is 5.79. The number of esters is 1. The summed E-state index contributed by atoms with van der Waals surface area (Å²) in [5, 5.41) is 0. The number of ether oxygens (including phenoxy) is 1. The van der Waals surface area contributed by atoms with E-state index in [1.165, 1.54) is 51.8 Å². The van der Waals surface area contributed by atoms with Crippen LogP contribution in [0.2, 0.25) is 17.2 Å². The molecule has 1 saturated carbocycles. The van der Waals surface area contributed by atoms with E-state index in [0.717, 1.165) is 10.4 Å². The number of carbonyl (C=O) groups is 1. The van der Waals surface area contributed by atoms with Crippen LogP contribution in [0.5, 0.6) is 0 Å². The van der Waals surface area contributed by atoms with Crippen LogP contribution in [-0.4, -0.2) is 31.5 Å². The molecule has 1 fully saturated rings. The van der Waals surface area contributed by atoms with Crippen LogP contribution in [0.15, 0.2) is 0 Å². The molecule has 0 aliphatic heterocycles. The Hall–Kier alpha value is 0.269. The first kappa shape index (κ1) is 19.3. The Labute approximate surface area is 136 Å². The first-order valence-corrected chi connectivity index (χ1v) is 16.8. The molecule has 1 aliphatic rings. The number of carbonyl (C=O) groups excluding carboxylic acids is 1. The SMILES string of the molecule is CCC[CH2][Sn]([CH2]CCC)([CH2]CCC)[C@@H]1C[C@@]1(C)C(=O)OC. The van der Waals surface area contributed by atoms with Crippen molar-refractivity contribution in [2.75, 3.05) is 7.11 Å². The van der Waals surface area contributed by atoms with E-state index in [1.54, 1.807) is 7.11 Å². The van der Waals surface area contributed by atoms with E-state index in [1.807, 2.05) is 0 Å². The van der Waals surface area contributed by atoms with Gasteiger partial charge in [0.1, 0.15) is 0 Å². The second-order valence-corrected chi connectivity index (χ2v) is 21.4. The monoisotopic (exact) mass is 404 g/mol. The van der Waals surface area contributed by atoms with Crippen molar-refractivity contribution in [3.63, 3.8) is 0 Å². The van der Waals surface area contributed by atoms with Gasteiger partial charge >= 0.3 is 136 Å². The predicted molar refractivity (Wildman–Crippen MR) is 93.4 cm³/mol. The van der Waals surface area contributed by atoms with Gasteiger partial charge in [0, 0.05) is 0 Å². The Balaban J connectivity index is 2.90. The molecule has 21 heavy (non-hydrogen) atoms. The molecule has 1 rings (SSSR count). The first-order valence-electron chi connectivity index (χ1n) is 9.09. The van der Waals surface area contributed by atoms with E-state index < -0.39 is 18.4 Å². The molecule has 0 unspecified atom stereocenters. The summed E-state index contributed by atoms with van der Waals surface area (Å²) < 4.78 is 10.4. The molecule has 0 aromatic carbocycles. The summed E-state index contributed by atoms with van der Waals surface area (Å²) in [6, 6.07) is 0. The molecular weight excluding hydrogens is 367 g/mol. The van der Waals surface area contributed by atoms with E-state index in [0.29, 0.717) is 0 Å². The maximum absolute atomic E-state index is 12.2. The van der Waals surface area contributed by atoms with Gasteiger partial charge in [-0.15, -0.1) is 0 Å². The summed E-state index contributed by atoms with van der Waals surface area (Å²) >= 11 is -2.22. The second kappa shape index (κ2) is 8.78. The van der Waals surface area contributed by atoms with Gasteiger partial charge in [-0.25, -0.2) is 0 Å². The van der Waals surface area contributed by atoms with Crippen molar-refractivity contribution in [2.24, 2.45) is 5.41 Å². The van der Waals surface area contributed by atoms with Gasteiger partial charge in [0.15, 0.2) is 0 Å². The summed E-state index contributed by atoms with van der Waals surface area (Å²) in [5.74, 6) is 0.0677. The van der Waals surface area contributed by atoms with Crippen LogP contribution in [0.25, 0.3) is 0 Å². The minimum absolute atomic E-state index is 0.0677. The van der Waals surface area contributed by atoms with E-state index in [4.69, 9.17) is 4.74 Å². The van der Waals surface area contributed by atoms with Crippen LogP contribution in [0.1, 0.15) is 72.6 Å². The molecule has 0 bridgehead atoms. The number of hydrogen-bond donors (Lipinski definition) is 0. The third kappa shape index (κ3) is 4.62. The van der Waals surface area contributed by atoms with Crippen LogP contribution < -0.4 is 0 Å². The maximum atomic E-state index is 12.2. The molecular formula is C18H36O2Sn. The van der Waals surface area contributed by atoms with Crippen molar-refractivity contribution >= 4 is 24.3 Å². The Morgan fingerprint density at radius 1 is 1.05 bits per heavy atom. The zero-order valence-electron chi connectivity index (χ0n) is 15.0. The van der Waals surface area contributed by atoms with Crippen molar-refractivity contribution in [1.82, 2.24) is 0 Å². The van der Waals surface area contributed by atoms with Crippen molar-refractivity contribution in [3.8, 4) is 0 Å². The van der Waals surface area contributed by atoms with Gasteiger partial charge in [0.2, 0.25) is 0 Å². The number of unbranched alkanes of at least 4 members (excludes halogenated alkanes) is 3. The van der Waals surface area contributed by atoms with Crippen LogP contribution >= 0.6 is 0 Å². The molecule has 0 radical (unpaired) electrons. The topological polar surface area (TPSA) is 26.3 Å². The van der Waals surface area contributed by atoms with Crippen LogP contribution in [0, 0.1) is 5.41 Å². The average Bonchev–Trinajstić information content (AvgIpc) is 3.20. The number of methoxy groups -OCH3 is 1. The molecule has 2 atom stereocenters. The Morgan fingerprint density at radius 3 is 1.81 bits per heavy atom. The normalized spacial score (nSPS) is 24.9. The Bertz CT molecular complexity index is 307. The van der Waals surface area contributed by atoms with E-state index in [9.17, 15) is 4.79 Å². The molecule has 2 nitrogen and oxygen atoms in total. The molecule has 0 saturated heterocycles. The van der Waals surface area contributed by atoms with Crippen LogP contribution in [0.3, 0.4) is 0 Å². The van der Waals surface area contributed by atoms with E-state index >= 15 is 0 Å². The summed E-state index contributed by atoms with van der Waals surface area (Å²) in [5.41, 5.74) is -0.111. The summed E-state index contributed by atoms with van der Waals surface area (Å²) in [4.78, 5) is 12.2. The molecule has 0 amide bonds. The fourth-order valence-electron chi connectivity index (χ4n) is 4.20. The molecule has 3 heteroatoms. The van der Waals surface area contributed by atoms with E-state index in [-0.39, 0.29) is 11.4 Å². The minimum atomic E-state index is -2.22. The van der Waals surface area contributed by atoms with Crippen molar-refractivity contribution in [2.45, 2.75) is 89.9 Å². The molecule has 0 aromatic rings. The van der Waals surface area contributed by atoms with Crippen molar-refractivity contribution in [3.05, 3.63) is 0 Å². The molecule has 0 aromatic heterocycles. The number of hydrogen-bond acceptors (Lipinski definition) is 2.